The Bertz CT molecular complexity index is 405. The molecule has 2 rings (SSSR count). The highest BCUT2D eigenvalue weighted by molar-refractivity contribution is 5.91. The number of nitrogens with one attached hydrogen (secondary N) is 2. The fraction of sp³-hybridized carbons (Fsp3) is 0.583. The highest BCUT2D eigenvalue weighted by atomic mass is 16.1. The maximum atomic E-state index is 11.3. The van der Waals surface area contributed by atoms with E-state index in [1.807, 2.05) is 0 Å². The molecule has 6 nitrogen and oxygen atoms in total. The maximum Gasteiger partial charge on any atom is 0.271 e. The molecule has 0 spiro atoms. The SMILES string of the molecule is CNC(=O)c1ccc(NCC2CCCC2N)nn1. The van der Waals surface area contributed by atoms with Gasteiger partial charge in [0.05, 0.1) is 0 Å². The van der Waals surface area contributed by atoms with Crippen LogP contribution in [0.1, 0.15) is 29.8 Å². The summed E-state index contributed by atoms with van der Waals surface area (Å²) in [5, 5.41) is 13.5. The van der Waals surface area contributed by atoms with Crippen molar-refractivity contribution in [3.8, 4) is 0 Å². The van der Waals surface area contributed by atoms with Gasteiger partial charge in [-0.1, -0.05) is 6.42 Å². The zero-order valence-electron chi connectivity index (χ0n) is 10.5. The summed E-state index contributed by atoms with van der Waals surface area (Å²) in [4.78, 5) is 11.3. The highest BCUT2D eigenvalue weighted by Gasteiger charge is 2.23. The van der Waals surface area contributed by atoms with Crippen LogP contribution in [0.4, 0.5) is 5.82 Å². The standard InChI is InChI=1S/C12H19N5O/c1-14-12(18)10-5-6-11(17-16-10)15-7-8-3-2-4-9(8)13/h5-6,8-9H,2-4,7,13H2,1H3,(H,14,18)(H,15,17). The molecule has 4 N–H and O–H groups in total. The third-order valence-electron chi connectivity index (χ3n) is 3.39. The number of carbonyl (C=O) groups is 1. The quantitative estimate of drug-likeness (QED) is 0.717. The zero-order valence-corrected chi connectivity index (χ0v) is 10.5. The molecule has 1 aromatic rings. The predicted molar refractivity (Wildman–Crippen MR) is 69.2 cm³/mol. The number of anilines is 1. The van der Waals surface area contributed by atoms with Crippen molar-refractivity contribution in [2.24, 2.45) is 11.7 Å². The van der Waals surface area contributed by atoms with Gasteiger partial charge in [0, 0.05) is 19.6 Å². The van der Waals surface area contributed by atoms with Crippen LogP contribution in [0.3, 0.4) is 0 Å². The number of aromatic nitrogens is 2. The Balaban J connectivity index is 1.88. The Morgan fingerprint density at radius 1 is 1.44 bits per heavy atom. The van der Waals surface area contributed by atoms with Crippen LogP contribution in [0.5, 0.6) is 0 Å². The van der Waals surface area contributed by atoms with Gasteiger partial charge in [-0.15, -0.1) is 10.2 Å². The lowest BCUT2D eigenvalue weighted by molar-refractivity contribution is 0.0957. The summed E-state index contributed by atoms with van der Waals surface area (Å²) in [5.74, 6) is 0.957. The molecule has 0 aromatic carbocycles. The maximum absolute atomic E-state index is 11.3. The first-order valence-corrected chi connectivity index (χ1v) is 6.26. The van der Waals surface area contributed by atoms with E-state index in [0.29, 0.717) is 17.4 Å². The lowest BCUT2D eigenvalue weighted by atomic mass is 10.1. The second-order valence-corrected chi connectivity index (χ2v) is 4.62. The summed E-state index contributed by atoms with van der Waals surface area (Å²) < 4.78 is 0. The van der Waals surface area contributed by atoms with Gasteiger partial charge in [-0.3, -0.25) is 4.79 Å². The van der Waals surface area contributed by atoms with Crippen molar-refractivity contribution in [1.82, 2.24) is 15.5 Å². The monoisotopic (exact) mass is 249 g/mol. The molecule has 0 radical (unpaired) electrons. The third kappa shape index (κ3) is 2.95. The molecule has 0 aliphatic heterocycles. The molecule has 2 atom stereocenters. The Morgan fingerprint density at radius 3 is 2.83 bits per heavy atom. The fourth-order valence-electron chi connectivity index (χ4n) is 2.23. The normalized spacial score (nSPS) is 22.8. The van der Waals surface area contributed by atoms with Gasteiger partial charge in [0.2, 0.25) is 0 Å². The molecule has 1 aliphatic rings. The van der Waals surface area contributed by atoms with E-state index in [9.17, 15) is 4.79 Å². The largest absolute Gasteiger partial charge is 0.368 e. The van der Waals surface area contributed by atoms with Crippen LogP contribution in [-0.2, 0) is 0 Å². The lowest BCUT2D eigenvalue weighted by Gasteiger charge is -2.15. The Morgan fingerprint density at radius 2 is 2.28 bits per heavy atom. The molecule has 0 saturated heterocycles. The smallest absolute Gasteiger partial charge is 0.271 e. The summed E-state index contributed by atoms with van der Waals surface area (Å²) in [7, 11) is 1.57. The molecule has 1 amide bonds. The van der Waals surface area contributed by atoms with Crippen LogP contribution in [0.25, 0.3) is 0 Å². The topological polar surface area (TPSA) is 92.9 Å². The van der Waals surface area contributed by atoms with Crippen molar-refractivity contribution < 1.29 is 4.79 Å². The average molecular weight is 249 g/mol. The van der Waals surface area contributed by atoms with Gasteiger partial charge in [-0.05, 0) is 30.9 Å². The van der Waals surface area contributed by atoms with Crippen molar-refractivity contribution in [2.75, 3.05) is 18.9 Å². The Hall–Kier alpha value is -1.69. The van der Waals surface area contributed by atoms with Crippen LogP contribution in [-0.4, -0.2) is 35.7 Å². The van der Waals surface area contributed by atoms with Gasteiger partial charge in [0.15, 0.2) is 5.69 Å². The number of hydrogen-bond donors (Lipinski definition) is 3. The molecule has 1 fully saturated rings. The summed E-state index contributed by atoms with van der Waals surface area (Å²) >= 11 is 0. The van der Waals surface area contributed by atoms with Crippen LogP contribution in [0.2, 0.25) is 0 Å². The van der Waals surface area contributed by atoms with E-state index in [-0.39, 0.29) is 11.9 Å². The number of amides is 1. The van der Waals surface area contributed by atoms with Crippen molar-refractivity contribution in [1.29, 1.82) is 0 Å². The molecule has 1 saturated carbocycles. The average Bonchev–Trinajstić information content (AvgIpc) is 2.81. The molecule has 18 heavy (non-hydrogen) atoms. The minimum absolute atomic E-state index is 0.230. The van der Waals surface area contributed by atoms with Gasteiger partial charge in [0.25, 0.3) is 5.91 Å². The van der Waals surface area contributed by atoms with Gasteiger partial charge in [-0.25, -0.2) is 0 Å². The molecule has 1 heterocycles. The zero-order chi connectivity index (χ0) is 13.0. The highest BCUT2D eigenvalue weighted by Crippen LogP contribution is 2.23. The second kappa shape index (κ2) is 5.77. The fourth-order valence-corrected chi connectivity index (χ4v) is 2.23. The molecule has 1 aliphatic carbocycles. The first-order chi connectivity index (χ1) is 8.70. The molecule has 98 valence electrons. The summed E-state index contributed by atoms with van der Waals surface area (Å²) in [6.45, 7) is 0.815. The van der Waals surface area contributed by atoms with Crippen LogP contribution >= 0.6 is 0 Å². The second-order valence-electron chi connectivity index (χ2n) is 4.62. The number of hydrogen-bond acceptors (Lipinski definition) is 5. The van der Waals surface area contributed by atoms with Crippen molar-refractivity contribution in [3.05, 3.63) is 17.8 Å². The molecule has 1 aromatic heterocycles. The van der Waals surface area contributed by atoms with E-state index in [0.717, 1.165) is 19.4 Å². The molecule has 2 unspecified atom stereocenters. The van der Waals surface area contributed by atoms with Crippen molar-refractivity contribution in [2.45, 2.75) is 25.3 Å². The van der Waals surface area contributed by atoms with Crippen LogP contribution in [0.15, 0.2) is 12.1 Å². The molecular weight excluding hydrogens is 230 g/mol. The third-order valence-corrected chi connectivity index (χ3v) is 3.39. The van der Waals surface area contributed by atoms with E-state index < -0.39 is 0 Å². The predicted octanol–water partition coefficient (Wildman–Crippen LogP) is 0.376. The summed E-state index contributed by atoms with van der Waals surface area (Å²) in [6.07, 6.45) is 3.47. The summed E-state index contributed by atoms with van der Waals surface area (Å²) in [5.41, 5.74) is 6.32. The minimum Gasteiger partial charge on any atom is -0.368 e. The van der Waals surface area contributed by atoms with Crippen LogP contribution in [0, 0.1) is 5.92 Å². The van der Waals surface area contributed by atoms with Gasteiger partial charge >= 0.3 is 0 Å². The van der Waals surface area contributed by atoms with E-state index in [1.54, 1.807) is 19.2 Å². The van der Waals surface area contributed by atoms with E-state index in [4.69, 9.17) is 5.73 Å². The van der Waals surface area contributed by atoms with Crippen molar-refractivity contribution in [3.63, 3.8) is 0 Å². The van der Waals surface area contributed by atoms with E-state index >= 15 is 0 Å². The number of nitrogens with zero attached hydrogens (tertiary/aromatic N) is 2. The summed E-state index contributed by atoms with van der Waals surface area (Å²) in [6, 6.07) is 3.71. The molecular formula is C12H19N5O. The van der Waals surface area contributed by atoms with Gasteiger partial charge < -0.3 is 16.4 Å². The number of rotatable bonds is 4. The Kier molecular flexibility index (Phi) is 4.09. The lowest BCUT2D eigenvalue weighted by Crippen LogP contribution is -2.29. The molecule has 6 heteroatoms. The minimum atomic E-state index is -0.230. The first kappa shape index (κ1) is 12.8. The van der Waals surface area contributed by atoms with Gasteiger partial charge in [-0.2, -0.15) is 0 Å². The van der Waals surface area contributed by atoms with Gasteiger partial charge in [0.1, 0.15) is 5.82 Å². The van der Waals surface area contributed by atoms with E-state index in [1.165, 1.54) is 6.42 Å². The molecule has 0 bridgehead atoms. The first-order valence-electron chi connectivity index (χ1n) is 6.26. The number of nitrogens with two attached hydrogens (primary N) is 1. The van der Waals surface area contributed by atoms with Crippen molar-refractivity contribution >= 4 is 11.7 Å². The number of carbonyl (C=O) groups excluding carboxylic acids is 1. The van der Waals surface area contributed by atoms with Crippen LogP contribution < -0.4 is 16.4 Å². The Labute approximate surface area is 106 Å². The van der Waals surface area contributed by atoms with E-state index in [2.05, 4.69) is 20.8 Å².